The van der Waals surface area contributed by atoms with Crippen LogP contribution >= 0.6 is 15.9 Å². The van der Waals surface area contributed by atoms with Crippen molar-refractivity contribution >= 4 is 22.0 Å². The molecule has 82 valence electrons. The predicted molar refractivity (Wildman–Crippen MR) is 64.4 cm³/mol. The van der Waals surface area contributed by atoms with Crippen LogP contribution in [0.4, 0.5) is 0 Å². The molecular formula is C12H10BrNO2. The van der Waals surface area contributed by atoms with Crippen LogP contribution in [0.15, 0.2) is 22.7 Å². The molecule has 0 saturated carbocycles. The second kappa shape index (κ2) is 5.04. The Balaban J connectivity index is 2.40. The van der Waals surface area contributed by atoms with Crippen molar-refractivity contribution in [1.29, 1.82) is 5.26 Å². The van der Waals surface area contributed by atoms with Crippen molar-refractivity contribution in [3.8, 4) is 17.6 Å². The molecule has 0 bridgehead atoms. The first kappa shape index (κ1) is 11.0. The molecule has 1 aliphatic rings. The molecule has 1 aliphatic heterocycles. The molecule has 0 unspecified atom stereocenters. The highest BCUT2D eigenvalue weighted by Gasteiger charge is 2.14. The number of hydrogen-bond donors (Lipinski definition) is 0. The van der Waals surface area contributed by atoms with E-state index in [2.05, 4.69) is 15.9 Å². The van der Waals surface area contributed by atoms with E-state index in [-0.39, 0.29) is 0 Å². The molecule has 0 radical (unpaired) electrons. The topological polar surface area (TPSA) is 42.2 Å². The Morgan fingerprint density at radius 1 is 1.31 bits per heavy atom. The van der Waals surface area contributed by atoms with E-state index < -0.39 is 0 Å². The van der Waals surface area contributed by atoms with Crippen LogP contribution in [0.3, 0.4) is 0 Å². The first-order valence-corrected chi connectivity index (χ1v) is 5.76. The van der Waals surface area contributed by atoms with Gasteiger partial charge in [0.1, 0.15) is 0 Å². The predicted octanol–water partition coefficient (Wildman–Crippen LogP) is 3.15. The van der Waals surface area contributed by atoms with Crippen molar-refractivity contribution in [2.24, 2.45) is 0 Å². The monoisotopic (exact) mass is 279 g/mol. The lowest BCUT2D eigenvalue weighted by Crippen LogP contribution is -1.97. The highest BCUT2D eigenvalue weighted by molar-refractivity contribution is 9.10. The van der Waals surface area contributed by atoms with Gasteiger partial charge in [-0.3, -0.25) is 0 Å². The van der Waals surface area contributed by atoms with E-state index >= 15 is 0 Å². The van der Waals surface area contributed by atoms with Gasteiger partial charge in [-0.1, -0.05) is 0 Å². The SMILES string of the molecule is N#CC=Cc1cc(Br)c2c(c1)OCCCO2. The minimum absolute atomic E-state index is 0.658. The summed E-state index contributed by atoms with van der Waals surface area (Å²) in [5.74, 6) is 1.47. The lowest BCUT2D eigenvalue weighted by atomic mass is 10.2. The van der Waals surface area contributed by atoms with Crippen molar-refractivity contribution < 1.29 is 9.47 Å². The average molecular weight is 280 g/mol. The zero-order valence-electron chi connectivity index (χ0n) is 8.57. The molecular weight excluding hydrogens is 270 g/mol. The van der Waals surface area contributed by atoms with Gasteiger partial charge in [-0.05, 0) is 39.7 Å². The number of nitrogens with zero attached hydrogens (tertiary/aromatic N) is 1. The zero-order chi connectivity index (χ0) is 11.4. The summed E-state index contributed by atoms with van der Waals surface area (Å²) in [5, 5.41) is 8.48. The summed E-state index contributed by atoms with van der Waals surface area (Å²) in [6.45, 7) is 1.32. The Hall–Kier alpha value is -1.47. The summed E-state index contributed by atoms with van der Waals surface area (Å²) >= 11 is 3.44. The average Bonchev–Trinajstić information content (AvgIpc) is 2.51. The summed E-state index contributed by atoms with van der Waals surface area (Å²) in [7, 11) is 0. The Labute approximate surface area is 102 Å². The Morgan fingerprint density at radius 3 is 2.94 bits per heavy atom. The van der Waals surface area contributed by atoms with Gasteiger partial charge in [0.2, 0.25) is 0 Å². The first-order valence-electron chi connectivity index (χ1n) is 4.96. The molecule has 2 rings (SSSR count). The van der Waals surface area contributed by atoms with Gasteiger partial charge in [-0.15, -0.1) is 0 Å². The number of fused-ring (bicyclic) bond motifs is 1. The van der Waals surface area contributed by atoms with Crippen molar-refractivity contribution in [2.75, 3.05) is 13.2 Å². The van der Waals surface area contributed by atoms with Crippen molar-refractivity contribution in [2.45, 2.75) is 6.42 Å². The largest absolute Gasteiger partial charge is 0.489 e. The molecule has 0 atom stereocenters. The van der Waals surface area contributed by atoms with Crippen molar-refractivity contribution in [3.05, 3.63) is 28.2 Å². The molecule has 3 nitrogen and oxygen atoms in total. The molecule has 4 heteroatoms. The molecule has 0 N–H and O–H groups in total. The van der Waals surface area contributed by atoms with Crippen LogP contribution in [0, 0.1) is 11.3 Å². The van der Waals surface area contributed by atoms with Crippen LogP contribution in [-0.4, -0.2) is 13.2 Å². The Kier molecular flexibility index (Phi) is 3.47. The van der Waals surface area contributed by atoms with Crippen LogP contribution in [-0.2, 0) is 0 Å². The number of halogens is 1. The quantitative estimate of drug-likeness (QED) is 0.742. The molecule has 1 heterocycles. The second-order valence-electron chi connectivity index (χ2n) is 3.34. The third-order valence-corrected chi connectivity index (χ3v) is 2.76. The van der Waals surface area contributed by atoms with E-state index in [4.69, 9.17) is 14.7 Å². The van der Waals surface area contributed by atoms with Crippen LogP contribution in [0.25, 0.3) is 6.08 Å². The minimum atomic E-state index is 0.658. The summed E-state index contributed by atoms with van der Waals surface area (Å²) < 4.78 is 12.0. The second-order valence-corrected chi connectivity index (χ2v) is 4.20. The third-order valence-electron chi connectivity index (χ3n) is 2.17. The smallest absolute Gasteiger partial charge is 0.175 e. The van der Waals surface area contributed by atoms with Crippen LogP contribution in [0.1, 0.15) is 12.0 Å². The number of allylic oxidation sites excluding steroid dienone is 1. The number of hydrogen-bond acceptors (Lipinski definition) is 3. The number of rotatable bonds is 1. The Bertz CT molecular complexity index is 463. The van der Waals surface area contributed by atoms with Crippen molar-refractivity contribution in [3.63, 3.8) is 0 Å². The van der Waals surface area contributed by atoms with Crippen LogP contribution < -0.4 is 9.47 Å². The van der Waals surface area contributed by atoms with Gasteiger partial charge in [0.25, 0.3) is 0 Å². The first-order chi connectivity index (χ1) is 7.81. The number of benzene rings is 1. The zero-order valence-corrected chi connectivity index (χ0v) is 10.2. The van der Waals surface area contributed by atoms with Crippen LogP contribution in [0.2, 0.25) is 0 Å². The molecule has 0 aromatic heterocycles. The summed E-state index contributed by atoms with van der Waals surface area (Å²) in [6.07, 6.45) is 4.05. The summed E-state index contributed by atoms with van der Waals surface area (Å²) in [6, 6.07) is 5.74. The fourth-order valence-corrected chi connectivity index (χ4v) is 2.05. The summed E-state index contributed by atoms with van der Waals surface area (Å²) in [5.41, 5.74) is 0.915. The van der Waals surface area contributed by atoms with Gasteiger partial charge in [0, 0.05) is 12.5 Å². The van der Waals surface area contributed by atoms with E-state index in [9.17, 15) is 0 Å². The summed E-state index contributed by atoms with van der Waals surface area (Å²) in [4.78, 5) is 0. The molecule has 0 saturated heterocycles. The molecule has 0 spiro atoms. The van der Waals surface area contributed by atoms with Gasteiger partial charge in [0.15, 0.2) is 11.5 Å². The standard InChI is InChI=1S/C12H10BrNO2/c13-10-7-9(3-1-4-14)8-11-12(10)16-6-2-5-15-11/h1,3,7-8H,2,5-6H2. The number of nitriles is 1. The molecule has 1 aromatic rings. The number of ether oxygens (including phenoxy) is 2. The maximum Gasteiger partial charge on any atom is 0.175 e. The molecule has 0 amide bonds. The Morgan fingerprint density at radius 2 is 2.12 bits per heavy atom. The molecule has 1 aromatic carbocycles. The van der Waals surface area contributed by atoms with Gasteiger partial charge < -0.3 is 9.47 Å². The van der Waals surface area contributed by atoms with E-state index in [0.717, 1.165) is 28.0 Å². The lowest BCUT2D eigenvalue weighted by Gasteiger charge is -2.09. The lowest BCUT2D eigenvalue weighted by molar-refractivity contribution is 0.296. The van der Waals surface area contributed by atoms with Gasteiger partial charge in [-0.2, -0.15) is 5.26 Å². The maximum absolute atomic E-state index is 8.48. The van der Waals surface area contributed by atoms with E-state index in [1.807, 2.05) is 18.2 Å². The highest BCUT2D eigenvalue weighted by Crippen LogP contribution is 2.38. The molecule has 0 aliphatic carbocycles. The third kappa shape index (κ3) is 2.37. The molecule has 0 fully saturated rings. The van der Waals surface area contributed by atoms with Gasteiger partial charge in [-0.25, -0.2) is 0 Å². The van der Waals surface area contributed by atoms with Gasteiger partial charge in [0.05, 0.1) is 23.8 Å². The normalized spacial score (nSPS) is 14.5. The molecule has 16 heavy (non-hydrogen) atoms. The fourth-order valence-electron chi connectivity index (χ4n) is 1.48. The maximum atomic E-state index is 8.48. The fraction of sp³-hybridized carbons (Fsp3) is 0.250. The van der Waals surface area contributed by atoms with E-state index in [1.165, 1.54) is 6.08 Å². The van der Waals surface area contributed by atoms with Gasteiger partial charge >= 0.3 is 0 Å². The van der Waals surface area contributed by atoms with E-state index in [1.54, 1.807) is 6.08 Å². The van der Waals surface area contributed by atoms with Crippen LogP contribution in [0.5, 0.6) is 11.5 Å². The highest BCUT2D eigenvalue weighted by atomic mass is 79.9. The van der Waals surface area contributed by atoms with Crippen molar-refractivity contribution in [1.82, 2.24) is 0 Å². The van der Waals surface area contributed by atoms with E-state index in [0.29, 0.717) is 13.2 Å². The minimum Gasteiger partial charge on any atom is -0.489 e.